The third-order valence-corrected chi connectivity index (χ3v) is 10.2. The number of nitrogens with zero attached hydrogens (tertiary/aromatic N) is 7. The van der Waals surface area contributed by atoms with Crippen LogP contribution in [-0.4, -0.2) is 35.9 Å². The van der Waals surface area contributed by atoms with Gasteiger partial charge < -0.3 is 4.90 Å². The van der Waals surface area contributed by atoms with Gasteiger partial charge in [-0.15, -0.1) is 0 Å². The molecule has 2 atom stereocenters. The third kappa shape index (κ3) is 6.55. The molecule has 0 spiro atoms. The van der Waals surface area contributed by atoms with Crippen molar-refractivity contribution in [2.45, 2.75) is 12.0 Å². The van der Waals surface area contributed by atoms with E-state index in [1.54, 1.807) is 12.1 Å². The molecule has 4 heterocycles. The molecule has 8 aromatic rings. The lowest BCUT2D eigenvalue weighted by Crippen LogP contribution is -2.30. The van der Waals surface area contributed by atoms with Crippen LogP contribution < -0.4 is 4.90 Å². The molecule has 0 saturated heterocycles. The van der Waals surface area contributed by atoms with Crippen molar-refractivity contribution in [1.29, 1.82) is 0 Å². The monoisotopic (exact) mass is 743 g/mol. The third-order valence-electron chi connectivity index (χ3n) is 10.2. The van der Waals surface area contributed by atoms with Gasteiger partial charge in [-0.2, -0.15) is 0 Å². The topological polar surface area (TPSA) is 80.6 Å². The minimum absolute atomic E-state index is 0.285. The molecule has 1 aliphatic carbocycles. The van der Waals surface area contributed by atoms with Gasteiger partial charge in [0.2, 0.25) is 5.95 Å². The van der Waals surface area contributed by atoms with Crippen molar-refractivity contribution in [3.63, 3.8) is 0 Å². The number of allylic oxidation sites excluding steroid dienone is 2. The second-order valence-electron chi connectivity index (χ2n) is 13.8. The molecule has 0 saturated carbocycles. The molecule has 0 fully saturated rings. The molecule has 0 bridgehead atoms. The summed E-state index contributed by atoms with van der Waals surface area (Å²) < 4.78 is 29.6. The molecule has 272 valence electrons. The molecule has 9 heteroatoms. The maximum Gasteiger partial charge on any atom is 0.231 e. The normalized spacial score (nSPS) is 15.5. The fraction of sp³-hybridized carbons (Fsp3) is 0.0417. The summed E-state index contributed by atoms with van der Waals surface area (Å²) in [4.78, 5) is 32.6. The summed E-state index contributed by atoms with van der Waals surface area (Å²) in [6.45, 7) is 0. The number of anilines is 2. The average molecular weight is 744 g/mol. The van der Waals surface area contributed by atoms with Gasteiger partial charge in [-0.3, -0.25) is 0 Å². The second kappa shape index (κ2) is 14.3. The summed E-state index contributed by atoms with van der Waals surface area (Å²) in [5, 5.41) is 0. The summed E-state index contributed by atoms with van der Waals surface area (Å²) >= 11 is 0. The first kappa shape index (κ1) is 34.0. The van der Waals surface area contributed by atoms with E-state index in [0.29, 0.717) is 57.1 Å². The Kier molecular flexibility index (Phi) is 8.52. The van der Waals surface area contributed by atoms with E-state index < -0.39 is 17.8 Å². The number of benzene rings is 5. The number of aromatic nitrogens is 6. The zero-order valence-electron chi connectivity index (χ0n) is 30.3. The standard InChI is InChI=1S/C48H31F2N7/c49-34-21-23-44-36(25-34)37-26-35(50)22-24-45(37)57(44)48-55-42(46-51-38(30-13-5-1-6-14-30)27-39(52-46)31-15-7-2-8-16-31)29-43(56-48)47-53-40(32-17-9-3-10-18-32)28-41(54-47)33-19-11-4-12-20-33/h1-29,36,44H. The van der Waals surface area contributed by atoms with E-state index >= 15 is 0 Å². The van der Waals surface area contributed by atoms with Gasteiger partial charge in [-0.1, -0.05) is 127 Å². The van der Waals surface area contributed by atoms with Crippen LogP contribution in [-0.2, 0) is 0 Å². The minimum atomic E-state index is -0.471. The highest BCUT2D eigenvalue weighted by Gasteiger charge is 2.40. The van der Waals surface area contributed by atoms with E-state index in [4.69, 9.17) is 29.9 Å². The molecule has 1 aliphatic heterocycles. The Balaban J connectivity index is 1.23. The Morgan fingerprint density at radius 1 is 0.439 bits per heavy atom. The van der Waals surface area contributed by atoms with Crippen molar-refractivity contribution in [2.24, 2.45) is 0 Å². The largest absolute Gasteiger partial charge is 0.302 e. The van der Waals surface area contributed by atoms with Crippen LogP contribution >= 0.6 is 0 Å². The Morgan fingerprint density at radius 2 is 0.860 bits per heavy atom. The smallest absolute Gasteiger partial charge is 0.231 e. The minimum Gasteiger partial charge on any atom is -0.302 e. The van der Waals surface area contributed by atoms with Crippen LogP contribution in [0.2, 0.25) is 0 Å². The summed E-state index contributed by atoms with van der Waals surface area (Å²) in [6.07, 6.45) is 4.72. The highest BCUT2D eigenvalue weighted by molar-refractivity contribution is 5.78. The van der Waals surface area contributed by atoms with Gasteiger partial charge in [0.15, 0.2) is 11.6 Å². The first-order valence-corrected chi connectivity index (χ1v) is 18.6. The van der Waals surface area contributed by atoms with Gasteiger partial charge in [-0.25, -0.2) is 38.7 Å². The Labute approximate surface area is 327 Å². The van der Waals surface area contributed by atoms with Crippen LogP contribution in [0.3, 0.4) is 0 Å². The van der Waals surface area contributed by atoms with Gasteiger partial charge in [0, 0.05) is 33.9 Å². The maximum absolute atomic E-state index is 14.8. The van der Waals surface area contributed by atoms with Gasteiger partial charge in [0.25, 0.3) is 0 Å². The fourth-order valence-electron chi connectivity index (χ4n) is 7.49. The van der Waals surface area contributed by atoms with E-state index in [9.17, 15) is 8.78 Å². The lowest BCUT2D eigenvalue weighted by molar-refractivity contribution is 0.614. The molecular weight excluding hydrogens is 713 g/mol. The molecule has 10 rings (SSSR count). The predicted octanol–water partition coefficient (Wildman–Crippen LogP) is 11.2. The number of hydrogen-bond donors (Lipinski definition) is 0. The van der Waals surface area contributed by atoms with Crippen LogP contribution in [0.4, 0.5) is 20.4 Å². The Hall–Kier alpha value is -7.52. The van der Waals surface area contributed by atoms with Crippen LogP contribution in [0.5, 0.6) is 0 Å². The van der Waals surface area contributed by atoms with Crippen LogP contribution in [0, 0.1) is 5.82 Å². The molecule has 2 unspecified atom stereocenters. The first-order chi connectivity index (χ1) is 28.0. The summed E-state index contributed by atoms with van der Waals surface area (Å²) in [7, 11) is 0. The Morgan fingerprint density at radius 3 is 1.30 bits per heavy atom. The van der Waals surface area contributed by atoms with Crippen LogP contribution in [0.1, 0.15) is 11.5 Å². The van der Waals surface area contributed by atoms with Gasteiger partial charge in [0.05, 0.1) is 28.8 Å². The van der Waals surface area contributed by atoms with E-state index in [-0.39, 0.29) is 11.8 Å². The summed E-state index contributed by atoms with van der Waals surface area (Å²) in [6, 6.07) is 49.6. The fourth-order valence-corrected chi connectivity index (χ4v) is 7.49. The molecule has 2 aliphatic rings. The highest BCUT2D eigenvalue weighted by atomic mass is 19.1. The predicted molar refractivity (Wildman–Crippen MR) is 219 cm³/mol. The van der Waals surface area contributed by atoms with Crippen molar-refractivity contribution in [3.8, 4) is 68.1 Å². The van der Waals surface area contributed by atoms with Crippen molar-refractivity contribution in [2.75, 3.05) is 4.90 Å². The van der Waals surface area contributed by atoms with E-state index in [1.807, 2.05) is 144 Å². The van der Waals surface area contributed by atoms with E-state index in [1.165, 1.54) is 24.3 Å². The quantitative estimate of drug-likeness (QED) is 0.161. The second-order valence-corrected chi connectivity index (χ2v) is 13.8. The van der Waals surface area contributed by atoms with Crippen molar-refractivity contribution in [1.82, 2.24) is 29.9 Å². The molecule has 3 aromatic heterocycles. The van der Waals surface area contributed by atoms with Gasteiger partial charge in [-0.05, 0) is 54.1 Å². The lowest BCUT2D eigenvalue weighted by Gasteiger charge is -2.27. The van der Waals surface area contributed by atoms with E-state index in [0.717, 1.165) is 22.3 Å². The lowest BCUT2D eigenvalue weighted by atomic mass is 9.91. The van der Waals surface area contributed by atoms with Crippen molar-refractivity contribution >= 4 is 11.6 Å². The number of hydrogen-bond acceptors (Lipinski definition) is 7. The number of fused-ring (bicyclic) bond motifs is 3. The SMILES string of the molecule is FC1=CC2c3cc(F)ccc3N(c3nc(-c4nc(-c5ccccc5)cc(-c5ccccc5)n4)cc(-c4nc(-c5ccccc5)cc(-c5ccccc5)n4)n3)C2C=C1. The average Bonchev–Trinajstić information content (AvgIpc) is 3.59. The Bertz CT molecular complexity index is 2570. The molecule has 0 N–H and O–H groups in total. The zero-order chi connectivity index (χ0) is 38.3. The van der Waals surface area contributed by atoms with Crippen molar-refractivity contribution < 1.29 is 8.78 Å². The van der Waals surface area contributed by atoms with E-state index in [2.05, 4.69) is 0 Å². The van der Waals surface area contributed by atoms with Crippen molar-refractivity contribution in [3.05, 3.63) is 193 Å². The van der Waals surface area contributed by atoms with Gasteiger partial charge in [0.1, 0.15) is 23.0 Å². The van der Waals surface area contributed by atoms with Crippen LogP contribution in [0.15, 0.2) is 182 Å². The first-order valence-electron chi connectivity index (χ1n) is 18.6. The zero-order valence-corrected chi connectivity index (χ0v) is 30.3. The van der Waals surface area contributed by atoms with Crippen LogP contribution in [0.25, 0.3) is 68.1 Å². The molecule has 5 aromatic carbocycles. The molecule has 0 radical (unpaired) electrons. The molecule has 57 heavy (non-hydrogen) atoms. The van der Waals surface area contributed by atoms with Gasteiger partial charge >= 0.3 is 0 Å². The summed E-state index contributed by atoms with van der Waals surface area (Å²) in [5.41, 5.74) is 8.67. The molecule has 0 amide bonds. The molecule has 7 nitrogen and oxygen atoms in total. The number of halogens is 2. The number of rotatable bonds is 7. The molecular formula is C48H31F2N7. The highest BCUT2D eigenvalue weighted by Crippen LogP contribution is 2.48. The summed E-state index contributed by atoms with van der Waals surface area (Å²) in [5.74, 6) is -0.255. The maximum atomic E-state index is 14.8.